The molecule has 0 radical (unpaired) electrons. The van der Waals surface area contributed by atoms with Crippen molar-refractivity contribution in [2.45, 2.75) is 13.5 Å². The van der Waals surface area contributed by atoms with Crippen LogP contribution >= 0.6 is 22.6 Å². The van der Waals surface area contributed by atoms with Crippen molar-refractivity contribution in [3.8, 4) is 0 Å². The Morgan fingerprint density at radius 2 is 1.78 bits per heavy atom. The molecule has 0 aromatic heterocycles. The van der Waals surface area contributed by atoms with Gasteiger partial charge in [-0.05, 0) is 41.1 Å². The van der Waals surface area contributed by atoms with E-state index in [0.29, 0.717) is 6.54 Å². The van der Waals surface area contributed by atoms with Gasteiger partial charge < -0.3 is 5.32 Å². The fraction of sp³-hybridized carbons (Fsp3) is 0.118. The van der Waals surface area contributed by atoms with Crippen molar-refractivity contribution in [2.75, 3.05) is 0 Å². The molecule has 0 heterocycles. The highest BCUT2D eigenvalue weighted by atomic mass is 127. The molecule has 0 aliphatic carbocycles. The van der Waals surface area contributed by atoms with E-state index in [1.165, 1.54) is 6.21 Å². The quantitative estimate of drug-likeness (QED) is 0.345. The highest BCUT2D eigenvalue weighted by Gasteiger charge is 2.11. The van der Waals surface area contributed by atoms with Gasteiger partial charge >= 0.3 is 11.8 Å². The largest absolute Gasteiger partial charge is 0.344 e. The number of carbonyl (C=O) groups is 2. The zero-order chi connectivity index (χ0) is 16.7. The molecule has 2 amide bonds. The topological polar surface area (TPSA) is 70.6 Å². The molecule has 23 heavy (non-hydrogen) atoms. The van der Waals surface area contributed by atoms with Crippen LogP contribution in [0.2, 0.25) is 0 Å². The van der Waals surface area contributed by atoms with E-state index in [-0.39, 0.29) is 0 Å². The van der Waals surface area contributed by atoms with Crippen LogP contribution in [0.25, 0.3) is 0 Å². The van der Waals surface area contributed by atoms with Gasteiger partial charge in [-0.15, -0.1) is 0 Å². The molecule has 0 spiro atoms. The molecule has 0 bridgehead atoms. The zero-order valence-electron chi connectivity index (χ0n) is 12.5. The van der Waals surface area contributed by atoms with Crippen LogP contribution < -0.4 is 10.7 Å². The number of benzene rings is 2. The number of hydrogen-bond donors (Lipinski definition) is 2. The van der Waals surface area contributed by atoms with Gasteiger partial charge in [-0.25, -0.2) is 5.43 Å². The third kappa shape index (κ3) is 5.48. The van der Waals surface area contributed by atoms with E-state index in [4.69, 9.17) is 0 Å². The van der Waals surface area contributed by atoms with Crippen molar-refractivity contribution in [1.82, 2.24) is 10.7 Å². The average Bonchev–Trinajstić information content (AvgIpc) is 2.55. The first-order valence-electron chi connectivity index (χ1n) is 6.97. The minimum atomic E-state index is -0.792. The van der Waals surface area contributed by atoms with Crippen LogP contribution in [-0.4, -0.2) is 18.0 Å². The standard InChI is InChI=1S/C17H16IN3O2/c1-12-6-8-13(9-7-12)10-19-16(22)17(23)21-20-11-14-4-2-3-5-15(14)18/h2-9,11H,10H2,1H3,(H,19,22)(H,21,23). The van der Waals surface area contributed by atoms with Crippen LogP contribution in [0.4, 0.5) is 0 Å². The first-order chi connectivity index (χ1) is 11.1. The Kier molecular flexibility index (Phi) is 6.28. The third-order valence-corrected chi connectivity index (χ3v) is 4.04. The van der Waals surface area contributed by atoms with E-state index in [1.54, 1.807) is 0 Å². The third-order valence-electron chi connectivity index (χ3n) is 3.05. The second-order valence-electron chi connectivity index (χ2n) is 4.89. The van der Waals surface area contributed by atoms with Gasteiger partial charge in [0.1, 0.15) is 0 Å². The van der Waals surface area contributed by atoms with Crippen molar-refractivity contribution in [3.05, 3.63) is 68.8 Å². The second kappa shape index (κ2) is 8.42. The Morgan fingerprint density at radius 1 is 1.09 bits per heavy atom. The maximum absolute atomic E-state index is 11.7. The Bertz CT molecular complexity index is 727. The van der Waals surface area contributed by atoms with Crippen LogP contribution in [-0.2, 0) is 16.1 Å². The van der Waals surface area contributed by atoms with Gasteiger partial charge in [-0.2, -0.15) is 5.10 Å². The van der Waals surface area contributed by atoms with E-state index in [0.717, 1.165) is 20.3 Å². The molecule has 6 heteroatoms. The fourth-order valence-corrected chi connectivity index (χ4v) is 2.29. The van der Waals surface area contributed by atoms with Crippen molar-refractivity contribution < 1.29 is 9.59 Å². The second-order valence-corrected chi connectivity index (χ2v) is 6.05. The predicted molar refractivity (Wildman–Crippen MR) is 97.9 cm³/mol. The van der Waals surface area contributed by atoms with Crippen LogP contribution in [0.5, 0.6) is 0 Å². The molecule has 0 atom stereocenters. The molecule has 0 fully saturated rings. The molecule has 0 saturated carbocycles. The summed E-state index contributed by atoms with van der Waals surface area (Å²) in [7, 11) is 0. The van der Waals surface area contributed by atoms with Crippen LogP contribution in [0.1, 0.15) is 16.7 Å². The summed E-state index contributed by atoms with van der Waals surface area (Å²) in [6, 6.07) is 15.3. The molecule has 0 saturated heterocycles. The maximum atomic E-state index is 11.7. The Morgan fingerprint density at radius 3 is 2.48 bits per heavy atom. The van der Waals surface area contributed by atoms with Gasteiger partial charge in [0.05, 0.1) is 6.21 Å². The van der Waals surface area contributed by atoms with Gasteiger partial charge in [-0.1, -0.05) is 48.0 Å². The molecular formula is C17H16IN3O2. The number of nitrogens with zero attached hydrogens (tertiary/aromatic N) is 1. The molecule has 2 N–H and O–H groups in total. The van der Waals surface area contributed by atoms with Crippen molar-refractivity contribution >= 4 is 40.6 Å². The fourth-order valence-electron chi connectivity index (χ4n) is 1.76. The summed E-state index contributed by atoms with van der Waals surface area (Å²) in [4.78, 5) is 23.3. The van der Waals surface area contributed by atoms with Crippen molar-refractivity contribution in [1.29, 1.82) is 0 Å². The lowest BCUT2D eigenvalue weighted by molar-refractivity contribution is -0.139. The molecule has 2 rings (SSSR count). The lowest BCUT2D eigenvalue weighted by Gasteiger charge is -2.04. The molecule has 0 unspecified atom stereocenters. The minimum absolute atomic E-state index is 0.298. The van der Waals surface area contributed by atoms with Crippen molar-refractivity contribution in [3.63, 3.8) is 0 Å². The molecule has 5 nitrogen and oxygen atoms in total. The van der Waals surface area contributed by atoms with Gasteiger partial charge in [0.25, 0.3) is 0 Å². The number of halogens is 1. The number of nitrogens with one attached hydrogen (secondary N) is 2. The normalized spacial score (nSPS) is 10.5. The summed E-state index contributed by atoms with van der Waals surface area (Å²) in [6.45, 7) is 2.29. The van der Waals surface area contributed by atoms with Crippen molar-refractivity contribution in [2.24, 2.45) is 5.10 Å². The first-order valence-corrected chi connectivity index (χ1v) is 8.05. The van der Waals surface area contributed by atoms with Crippen LogP contribution in [0.15, 0.2) is 53.6 Å². The number of hydrogen-bond acceptors (Lipinski definition) is 3. The highest BCUT2D eigenvalue weighted by Crippen LogP contribution is 2.08. The summed E-state index contributed by atoms with van der Waals surface area (Å²) >= 11 is 2.17. The number of aryl methyl sites for hydroxylation is 1. The minimum Gasteiger partial charge on any atom is -0.344 e. The number of carbonyl (C=O) groups excluding carboxylic acids is 2. The smallest absolute Gasteiger partial charge is 0.329 e. The monoisotopic (exact) mass is 421 g/mol. The Labute approximate surface area is 148 Å². The molecule has 0 aliphatic heterocycles. The van der Waals surface area contributed by atoms with E-state index >= 15 is 0 Å². The predicted octanol–water partition coefficient (Wildman–Crippen LogP) is 2.37. The van der Waals surface area contributed by atoms with E-state index in [9.17, 15) is 9.59 Å². The average molecular weight is 421 g/mol. The van der Waals surface area contributed by atoms with E-state index in [2.05, 4.69) is 38.4 Å². The summed E-state index contributed by atoms with van der Waals surface area (Å²) in [5, 5.41) is 6.35. The molecule has 0 aliphatic rings. The lowest BCUT2D eigenvalue weighted by atomic mass is 10.1. The van der Waals surface area contributed by atoms with Gasteiger partial charge in [0.2, 0.25) is 0 Å². The van der Waals surface area contributed by atoms with E-state index in [1.807, 2.05) is 55.5 Å². The maximum Gasteiger partial charge on any atom is 0.329 e. The summed E-state index contributed by atoms with van der Waals surface area (Å²) < 4.78 is 1.01. The number of hydrazone groups is 1. The van der Waals surface area contributed by atoms with E-state index < -0.39 is 11.8 Å². The number of rotatable bonds is 4. The van der Waals surface area contributed by atoms with Crippen LogP contribution in [0, 0.1) is 10.5 Å². The summed E-state index contributed by atoms with van der Waals surface area (Å²) in [5.74, 6) is -1.51. The summed E-state index contributed by atoms with van der Waals surface area (Å²) in [6.07, 6.45) is 1.51. The highest BCUT2D eigenvalue weighted by molar-refractivity contribution is 14.1. The zero-order valence-corrected chi connectivity index (χ0v) is 14.7. The lowest BCUT2D eigenvalue weighted by Crippen LogP contribution is -2.37. The van der Waals surface area contributed by atoms with Gasteiger partial charge in [-0.3, -0.25) is 9.59 Å². The van der Waals surface area contributed by atoms with Crippen LogP contribution in [0.3, 0.4) is 0 Å². The molecular weight excluding hydrogens is 405 g/mol. The Hall–Kier alpha value is -2.22. The molecule has 2 aromatic carbocycles. The summed E-state index contributed by atoms with van der Waals surface area (Å²) in [5.41, 5.74) is 5.16. The molecule has 118 valence electrons. The van der Waals surface area contributed by atoms with Gasteiger partial charge in [0.15, 0.2) is 0 Å². The Balaban J connectivity index is 1.82. The van der Waals surface area contributed by atoms with Gasteiger partial charge in [0, 0.05) is 15.7 Å². The number of amides is 2. The first kappa shape index (κ1) is 17.1. The SMILES string of the molecule is Cc1ccc(CNC(=O)C(=O)NN=Cc2ccccc2I)cc1. The molecule has 2 aromatic rings.